The number of hydrogen-bond acceptors (Lipinski definition) is 8. The number of hydrogen-bond donors (Lipinski definition) is 1. The molecule has 0 spiro atoms. The van der Waals surface area contributed by atoms with E-state index in [2.05, 4.69) is 12.2 Å². The number of ether oxygens (including phenoxy) is 4. The minimum Gasteiger partial charge on any atom is -0.495 e. The highest BCUT2D eigenvalue weighted by Gasteiger charge is 2.15. The zero-order chi connectivity index (χ0) is 28.7. The summed E-state index contributed by atoms with van der Waals surface area (Å²) in [7, 11) is 1.51. The van der Waals surface area contributed by atoms with Crippen LogP contribution in [0.5, 0.6) is 5.75 Å². The molecule has 8 heteroatoms. The van der Waals surface area contributed by atoms with E-state index in [0.29, 0.717) is 30.2 Å². The summed E-state index contributed by atoms with van der Waals surface area (Å²) in [6.07, 6.45) is 16.7. The SMILES string of the molecule is CCCCCCCCCCCCCCOC(=O)COC(=O)c1ccc(OC)c(NC(=CC(=O)OCC)CC)c1. The van der Waals surface area contributed by atoms with Gasteiger partial charge in [-0.05, 0) is 38.0 Å². The maximum atomic E-state index is 12.5. The van der Waals surface area contributed by atoms with Crippen molar-refractivity contribution < 1.29 is 33.3 Å². The molecule has 0 atom stereocenters. The Morgan fingerprint density at radius 3 is 1.97 bits per heavy atom. The summed E-state index contributed by atoms with van der Waals surface area (Å²) in [6.45, 7) is 6.02. The molecule has 0 aliphatic rings. The number of methoxy groups -OCH3 is 1. The first-order valence-corrected chi connectivity index (χ1v) is 14.6. The Morgan fingerprint density at radius 1 is 0.795 bits per heavy atom. The number of nitrogens with one attached hydrogen (secondary N) is 1. The van der Waals surface area contributed by atoms with Crippen LogP contribution in [0.15, 0.2) is 30.0 Å². The van der Waals surface area contributed by atoms with Crippen LogP contribution in [0.4, 0.5) is 5.69 Å². The monoisotopic (exact) mass is 547 g/mol. The van der Waals surface area contributed by atoms with Gasteiger partial charge in [0.1, 0.15) is 5.75 Å². The number of benzene rings is 1. The molecule has 0 saturated carbocycles. The largest absolute Gasteiger partial charge is 0.495 e. The molecule has 0 unspecified atom stereocenters. The number of esters is 3. The van der Waals surface area contributed by atoms with Gasteiger partial charge in [-0.3, -0.25) is 0 Å². The van der Waals surface area contributed by atoms with Gasteiger partial charge < -0.3 is 24.3 Å². The lowest BCUT2D eigenvalue weighted by Gasteiger charge is -2.14. The topological polar surface area (TPSA) is 100 Å². The van der Waals surface area contributed by atoms with Crippen LogP contribution in [-0.2, 0) is 23.8 Å². The Balaban J connectivity index is 2.34. The minimum atomic E-state index is -0.657. The molecule has 0 fully saturated rings. The summed E-state index contributed by atoms with van der Waals surface area (Å²) in [5.41, 5.74) is 1.32. The molecule has 0 aliphatic carbocycles. The number of carbonyl (C=O) groups excluding carboxylic acids is 3. The van der Waals surface area contributed by atoms with Crippen LogP contribution < -0.4 is 10.1 Å². The molecular formula is C31H49NO7. The van der Waals surface area contributed by atoms with E-state index in [1.165, 1.54) is 71.0 Å². The summed E-state index contributed by atoms with van der Waals surface area (Å²) in [5.74, 6) is -1.20. The van der Waals surface area contributed by atoms with E-state index in [4.69, 9.17) is 18.9 Å². The molecule has 0 bridgehead atoms. The molecular weight excluding hydrogens is 498 g/mol. The number of unbranched alkanes of at least 4 members (excludes halogenated alkanes) is 11. The van der Waals surface area contributed by atoms with Gasteiger partial charge in [-0.2, -0.15) is 0 Å². The Hall–Kier alpha value is -3.03. The van der Waals surface area contributed by atoms with Crippen molar-refractivity contribution in [2.75, 3.05) is 32.2 Å². The molecule has 0 aliphatic heterocycles. The molecule has 1 N–H and O–H groups in total. The number of anilines is 1. The first-order chi connectivity index (χ1) is 18.9. The van der Waals surface area contributed by atoms with Gasteiger partial charge in [0.25, 0.3) is 0 Å². The fourth-order valence-corrected chi connectivity index (χ4v) is 4.04. The van der Waals surface area contributed by atoms with E-state index in [0.717, 1.165) is 19.3 Å². The predicted molar refractivity (Wildman–Crippen MR) is 154 cm³/mol. The first-order valence-electron chi connectivity index (χ1n) is 14.6. The second kappa shape index (κ2) is 21.9. The van der Waals surface area contributed by atoms with E-state index < -0.39 is 24.5 Å². The second-order valence-electron chi connectivity index (χ2n) is 9.50. The third-order valence-corrected chi connectivity index (χ3v) is 6.27. The molecule has 0 amide bonds. The van der Waals surface area contributed by atoms with Crippen LogP contribution in [0.2, 0.25) is 0 Å². The van der Waals surface area contributed by atoms with Crippen molar-refractivity contribution in [2.45, 2.75) is 104 Å². The maximum absolute atomic E-state index is 12.5. The maximum Gasteiger partial charge on any atom is 0.344 e. The second-order valence-corrected chi connectivity index (χ2v) is 9.50. The van der Waals surface area contributed by atoms with Gasteiger partial charge in [-0.1, -0.05) is 84.5 Å². The van der Waals surface area contributed by atoms with Crippen LogP contribution >= 0.6 is 0 Å². The van der Waals surface area contributed by atoms with E-state index in [9.17, 15) is 14.4 Å². The zero-order valence-corrected chi connectivity index (χ0v) is 24.5. The van der Waals surface area contributed by atoms with Gasteiger partial charge in [0.2, 0.25) is 0 Å². The molecule has 0 aromatic heterocycles. The van der Waals surface area contributed by atoms with Gasteiger partial charge >= 0.3 is 17.9 Å². The summed E-state index contributed by atoms with van der Waals surface area (Å²) < 4.78 is 20.7. The fourth-order valence-electron chi connectivity index (χ4n) is 4.04. The lowest BCUT2D eigenvalue weighted by molar-refractivity contribution is -0.147. The van der Waals surface area contributed by atoms with E-state index in [1.807, 2.05) is 6.92 Å². The third-order valence-electron chi connectivity index (χ3n) is 6.27. The van der Waals surface area contributed by atoms with Crippen molar-refractivity contribution in [3.05, 3.63) is 35.5 Å². The van der Waals surface area contributed by atoms with Crippen LogP contribution in [0.3, 0.4) is 0 Å². The Kier molecular flexibility index (Phi) is 19.1. The molecule has 0 heterocycles. The van der Waals surface area contributed by atoms with E-state index >= 15 is 0 Å². The van der Waals surface area contributed by atoms with E-state index in [1.54, 1.807) is 25.1 Å². The first kappa shape index (κ1) is 34.0. The summed E-state index contributed by atoms with van der Waals surface area (Å²) in [4.78, 5) is 36.3. The Labute approximate surface area is 234 Å². The van der Waals surface area contributed by atoms with E-state index in [-0.39, 0.29) is 12.2 Å². The lowest BCUT2D eigenvalue weighted by Crippen LogP contribution is -2.17. The average Bonchev–Trinajstić information content (AvgIpc) is 2.93. The summed E-state index contributed by atoms with van der Waals surface area (Å²) in [6, 6.07) is 4.71. The summed E-state index contributed by atoms with van der Waals surface area (Å²) >= 11 is 0. The Bertz CT molecular complexity index is 882. The van der Waals surface area contributed by atoms with Crippen molar-refractivity contribution in [3.63, 3.8) is 0 Å². The summed E-state index contributed by atoms with van der Waals surface area (Å²) in [5, 5.41) is 3.10. The predicted octanol–water partition coefficient (Wildman–Crippen LogP) is 7.37. The number of rotatable bonds is 22. The van der Waals surface area contributed by atoms with Crippen molar-refractivity contribution in [1.82, 2.24) is 0 Å². The van der Waals surface area contributed by atoms with Crippen LogP contribution in [-0.4, -0.2) is 44.8 Å². The van der Waals surface area contributed by atoms with Gasteiger partial charge in [-0.15, -0.1) is 0 Å². The van der Waals surface area contributed by atoms with Crippen molar-refractivity contribution in [1.29, 1.82) is 0 Å². The zero-order valence-electron chi connectivity index (χ0n) is 24.5. The molecule has 8 nitrogen and oxygen atoms in total. The van der Waals surface area contributed by atoms with Crippen LogP contribution in [0.25, 0.3) is 0 Å². The standard InChI is InChI=1S/C31H49NO7/c1-5-8-9-10-11-12-13-14-15-16-17-18-21-38-30(34)24-39-31(35)25-19-20-28(36-4)27(22-25)32-26(6-2)23-29(33)37-7-3/h19-20,22-23,32H,5-18,21,24H2,1-4H3. The van der Waals surface area contributed by atoms with Gasteiger partial charge in [0.15, 0.2) is 6.61 Å². The highest BCUT2D eigenvalue weighted by atomic mass is 16.6. The smallest absolute Gasteiger partial charge is 0.344 e. The van der Waals surface area contributed by atoms with Crippen molar-refractivity contribution in [2.24, 2.45) is 0 Å². The van der Waals surface area contributed by atoms with Crippen LogP contribution in [0.1, 0.15) is 115 Å². The molecule has 0 saturated heterocycles. The number of carbonyl (C=O) groups is 3. The van der Waals surface area contributed by atoms with Crippen LogP contribution in [0, 0.1) is 0 Å². The molecule has 1 rings (SSSR count). The highest BCUT2D eigenvalue weighted by molar-refractivity contribution is 5.92. The van der Waals surface area contributed by atoms with Crippen molar-refractivity contribution >= 4 is 23.6 Å². The third kappa shape index (κ3) is 15.9. The highest BCUT2D eigenvalue weighted by Crippen LogP contribution is 2.28. The fraction of sp³-hybridized carbons (Fsp3) is 0.645. The minimum absolute atomic E-state index is 0.235. The normalized spacial score (nSPS) is 11.1. The van der Waals surface area contributed by atoms with Gasteiger partial charge in [0.05, 0.1) is 31.6 Å². The molecule has 1 aromatic rings. The lowest BCUT2D eigenvalue weighted by atomic mass is 10.1. The molecule has 1 aromatic carbocycles. The average molecular weight is 548 g/mol. The van der Waals surface area contributed by atoms with Crippen molar-refractivity contribution in [3.8, 4) is 5.75 Å². The Morgan fingerprint density at radius 2 is 1.41 bits per heavy atom. The van der Waals surface area contributed by atoms with Gasteiger partial charge in [0, 0.05) is 11.8 Å². The quantitative estimate of drug-likeness (QED) is 0.0695. The molecule has 0 radical (unpaired) electrons. The van der Waals surface area contributed by atoms with Gasteiger partial charge in [-0.25, -0.2) is 14.4 Å². The molecule has 39 heavy (non-hydrogen) atoms. The number of allylic oxidation sites excluding steroid dienone is 1. The molecule has 220 valence electrons.